The molecule has 1 atom stereocenters. The summed E-state index contributed by atoms with van der Waals surface area (Å²) in [6, 6.07) is 7.51. The minimum Gasteiger partial charge on any atom is -0.354 e. The fourth-order valence-corrected chi connectivity index (χ4v) is 3.75. The van der Waals surface area contributed by atoms with Crippen molar-refractivity contribution >= 4 is 22.0 Å². The molecule has 1 rings (SSSR count). The summed E-state index contributed by atoms with van der Waals surface area (Å²) in [5.41, 5.74) is 0. The van der Waals surface area contributed by atoms with Gasteiger partial charge in [0.05, 0.1) is 0 Å². The van der Waals surface area contributed by atoms with Gasteiger partial charge in [-0.2, -0.15) is 8.42 Å². The van der Waals surface area contributed by atoms with Gasteiger partial charge in [0.15, 0.2) is 0 Å². The number of nitrogens with one attached hydrogen (secondary N) is 1. The molecule has 158 valence electrons. The summed E-state index contributed by atoms with van der Waals surface area (Å²) in [4.78, 5) is 23.7. The number of benzene rings is 1. The fraction of sp³-hybridized carbons (Fsp3) is 0.619. The van der Waals surface area contributed by atoms with E-state index in [0.29, 0.717) is 19.3 Å². The van der Waals surface area contributed by atoms with E-state index in [2.05, 4.69) is 16.4 Å². The molecule has 7 heteroatoms. The first kappa shape index (κ1) is 24.1. The van der Waals surface area contributed by atoms with Crippen LogP contribution in [0.3, 0.4) is 0 Å². The highest BCUT2D eigenvalue weighted by molar-refractivity contribution is 7.87. The van der Waals surface area contributed by atoms with Crippen molar-refractivity contribution in [2.75, 3.05) is 0 Å². The molecule has 0 aliphatic rings. The highest BCUT2D eigenvalue weighted by atomic mass is 32.2. The monoisotopic (exact) mass is 411 g/mol. The molecule has 0 bridgehead atoms. The number of hydrogen-bond acceptors (Lipinski definition) is 5. The van der Waals surface area contributed by atoms with E-state index in [1.165, 1.54) is 37.8 Å². The zero-order valence-electron chi connectivity index (χ0n) is 17.0. The first-order chi connectivity index (χ1) is 13.3. The highest BCUT2D eigenvalue weighted by Crippen LogP contribution is 2.13. The van der Waals surface area contributed by atoms with Gasteiger partial charge in [-0.15, -0.1) is 0 Å². The van der Waals surface area contributed by atoms with Gasteiger partial charge >= 0.3 is 16.1 Å². The maximum absolute atomic E-state index is 12.0. The van der Waals surface area contributed by atoms with Gasteiger partial charge in [0.1, 0.15) is 4.90 Å². The van der Waals surface area contributed by atoms with E-state index in [-0.39, 0.29) is 23.3 Å². The van der Waals surface area contributed by atoms with Crippen LogP contribution in [0.25, 0.3) is 0 Å². The average Bonchev–Trinajstić information content (AvgIpc) is 2.65. The molecule has 0 spiro atoms. The Hall–Kier alpha value is -1.89. The van der Waals surface area contributed by atoms with Gasteiger partial charge in [-0.1, -0.05) is 57.2 Å². The van der Waals surface area contributed by atoms with E-state index in [9.17, 15) is 18.0 Å². The molecule has 0 heterocycles. The lowest BCUT2D eigenvalue weighted by Gasteiger charge is -2.13. The molecule has 0 aromatic heterocycles. The van der Waals surface area contributed by atoms with Crippen LogP contribution in [0.5, 0.6) is 0 Å². The first-order valence-electron chi connectivity index (χ1n) is 10.2. The predicted molar refractivity (Wildman–Crippen MR) is 109 cm³/mol. The Labute approximate surface area is 169 Å². The quantitative estimate of drug-likeness (QED) is 0.363. The van der Waals surface area contributed by atoms with E-state index >= 15 is 0 Å². The van der Waals surface area contributed by atoms with Crippen LogP contribution in [-0.2, 0) is 23.9 Å². The molecule has 6 nitrogen and oxygen atoms in total. The minimum absolute atomic E-state index is 0.0102. The standard InChI is InChI=1S/C21H33NO5S/c1-3-4-5-6-7-11-16-20(23)22-18(2)13-12-17-21(24)27-28(25,26)19-14-9-8-10-15-19/h8-10,14-15,18H,3-7,11-13,16-17H2,1-2H3,(H,22,23). The van der Waals surface area contributed by atoms with Gasteiger partial charge in [0, 0.05) is 18.9 Å². The SMILES string of the molecule is CCCCCCCCC(=O)NC(C)CCCC(=O)OS(=O)(=O)c1ccccc1. The molecule has 0 aliphatic heterocycles. The smallest absolute Gasteiger partial charge is 0.341 e. The molecule has 0 saturated heterocycles. The predicted octanol–water partition coefficient (Wildman–Crippen LogP) is 4.34. The molecule has 0 fully saturated rings. The molecule has 1 aromatic rings. The number of amides is 1. The van der Waals surface area contributed by atoms with Crippen LogP contribution in [0.2, 0.25) is 0 Å². The second-order valence-corrected chi connectivity index (χ2v) is 8.65. The Bertz CT molecular complexity index is 688. The number of unbranched alkanes of at least 4 members (excludes halogenated alkanes) is 5. The van der Waals surface area contributed by atoms with Crippen LogP contribution in [0.15, 0.2) is 35.2 Å². The zero-order chi connectivity index (χ0) is 20.8. The van der Waals surface area contributed by atoms with Gasteiger partial charge < -0.3 is 9.50 Å². The molecular weight excluding hydrogens is 378 g/mol. The lowest BCUT2D eigenvalue weighted by molar-refractivity contribution is -0.133. The lowest BCUT2D eigenvalue weighted by atomic mass is 10.1. The summed E-state index contributed by atoms with van der Waals surface area (Å²) < 4.78 is 28.6. The second kappa shape index (κ2) is 13.3. The van der Waals surface area contributed by atoms with Crippen LogP contribution >= 0.6 is 0 Å². The van der Waals surface area contributed by atoms with Crippen molar-refractivity contribution in [1.82, 2.24) is 5.32 Å². The molecule has 28 heavy (non-hydrogen) atoms. The highest BCUT2D eigenvalue weighted by Gasteiger charge is 2.19. The normalized spacial score (nSPS) is 12.4. The van der Waals surface area contributed by atoms with Crippen molar-refractivity contribution in [3.8, 4) is 0 Å². The van der Waals surface area contributed by atoms with Crippen LogP contribution in [0, 0.1) is 0 Å². The van der Waals surface area contributed by atoms with Crippen molar-refractivity contribution in [2.24, 2.45) is 0 Å². The first-order valence-corrected chi connectivity index (χ1v) is 11.6. The average molecular weight is 412 g/mol. The third-order valence-electron chi connectivity index (χ3n) is 4.42. The third-order valence-corrected chi connectivity index (χ3v) is 5.67. The molecule has 0 saturated carbocycles. The van der Waals surface area contributed by atoms with Crippen LogP contribution < -0.4 is 5.32 Å². The summed E-state index contributed by atoms with van der Waals surface area (Å²) in [6.07, 6.45) is 8.37. The maximum Gasteiger partial charge on any atom is 0.341 e. The van der Waals surface area contributed by atoms with Crippen molar-refractivity contribution in [3.05, 3.63) is 30.3 Å². The number of hydrogen-bond donors (Lipinski definition) is 1. The Morgan fingerprint density at radius 3 is 2.29 bits per heavy atom. The Kier molecular flexibility index (Phi) is 11.5. The summed E-state index contributed by atoms with van der Waals surface area (Å²) in [6.45, 7) is 4.06. The van der Waals surface area contributed by atoms with Gasteiger partial charge in [0.25, 0.3) is 0 Å². The van der Waals surface area contributed by atoms with Gasteiger partial charge in [0.2, 0.25) is 5.91 Å². The molecular formula is C21H33NO5S. The number of carbonyl (C=O) groups is 2. The fourth-order valence-electron chi connectivity index (χ4n) is 2.84. The molecule has 1 amide bonds. The topological polar surface area (TPSA) is 89.5 Å². The lowest BCUT2D eigenvalue weighted by Crippen LogP contribution is -2.32. The van der Waals surface area contributed by atoms with Gasteiger partial charge in [-0.3, -0.25) is 9.59 Å². The second-order valence-electron chi connectivity index (χ2n) is 7.10. The Balaban J connectivity index is 2.19. The van der Waals surface area contributed by atoms with Crippen LogP contribution in [0.1, 0.15) is 78.1 Å². The van der Waals surface area contributed by atoms with Crippen LogP contribution in [0.4, 0.5) is 0 Å². The largest absolute Gasteiger partial charge is 0.354 e. The van der Waals surface area contributed by atoms with Crippen molar-refractivity contribution in [3.63, 3.8) is 0 Å². The minimum atomic E-state index is -4.07. The number of rotatable bonds is 14. The van der Waals surface area contributed by atoms with Gasteiger partial charge in [-0.25, -0.2) is 0 Å². The van der Waals surface area contributed by atoms with E-state index in [0.717, 1.165) is 12.8 Å². The maximum atomic E-state index is 12.0. The molecule has 1 unspecified atom stereocenters. The summed E-state index contributed by atoms with van der Waals surface area (Å²) in [5, 5.41) is 2.92. The van der Waals surface area contributed by atoms with E-state index in [4.69, 9.17) is 0 Å². The van der Waals surface area contributed by atoms with Crippen molar-refractivity contribution in [1.29, 1.82) is 0 Å². The Morgan fingerprint density at radius 1 is 0.964 bits per heavy atom. The molecule has 1 N–H and O–H groups in total. The van der Waals surface area contributed by atoms with Crippen molar-refractivity contribution in [2.45, 2.75) is 89.0 Å². The number of carbonyl (C=O) groups excluding carboxylic acids is 2. The summed E-state index contributed by atoms with van der Waals surface area (Å²) in [5.74, 6) is -0.758. The van der Waals surface area contributed by atoms with E-state index < -0.39 is 16.1 Å². The van der Waals surface area contributed by atoms with E-state index in [1.54, 1.807) is 18.2 Å². The zero-order valence-corrected chi connectivity index (χ0v) is 17.8. The molecule has 0 aliphatic carbocycles. The molecule has 0 radical (unpaired) electrons. The third kappa shape index (κ3) is 10.4. The van der Waals surface area contributed by atoms with Crippen molar-refractivity contribution < 1.29 is 22.2 Å². The van der Waals surface area contributed by atoms with E-state index in [1.807, 2.05) is 6.92 Å². The van der Waals surface area contributed by atoms with Gasteiger partial charge in [-0.05, 0) is 38.3 Å². The van der Waals surface area contributed by atoms with Crippen LogP contribution in [-0.4, -0.2) is 26.3 Å². The summed E-state index contributed by atoms with van der Waals surface area (Å²) >= 11 is 0. The Morgan fingerprint density at radius 2 is 1.61 bits per heavy atom. The summed E-state index contributed by atoms with van der Waals surface area (Å²) in [7, 11) is -4.07. The molecule has 1 aromatic carbocycles.